The lowest BCUT2D eigenvalue weighted by molar-refractivity contribution is 0.0958. The molecule has 1 atom stereocenters. The van der Waals surface area contributed by atoms with Crippen LogP contribution >= 0.6 is 0 Å². The smallest absolute Gasteiger partial charge is 0.227 e. The highest BCUT2D eigenvalue weighted by Crippen LogP contribution is 2.32. The number of rotatable bonds is 3. The number of hydrogen-bond donors (Lipinski definition) is 1. The molecular formula is C18H14FN3O2. The van der Waals surface area contributed by atoms with Gasteiger partial charge in [-0.2, -0.15) is 0 Å². The van der Waals surface area contributed by atoms with Crippen molar-refractivity contribution < 1.29 is 13.6 Å². The van der Waals surface area contributed by atoms with Crippen LogP contribution in [0.1, 0.15) is 34.2 Å². The number of ketones is 1. The molecule has 0 radical (unpaired) electrons. The van der Waals surface area contributed by atoms with Crippen LogP contribution in [-0.4, -0.2) is 15.8 Å². The van der Waals surface area contributed by atoms with Crippen LogP contribution in [0.15, 0.2) is 53.3 Å². The molecule has 3 aromatic rings. The summed E-state index contributed by atoms with van der Waals surface area (Å²) in [4.78, 5) is 21.0. The Labute approximate surface area is 137 Å². The number of nitrogens with one attached hydrogen (secondary N) is 1. The highest BCUT2D eigenvalue weighted by Gasteiger charge is 2.29. The number of fused-ring (bicyclic) bond motifs is 1. The third kappa shape index (κ3) is 2.78. The quantitative estimate of drug-likeness (QED) is 0.792. The van der Waals surface area contributed by atoms with Crippen LogP contribution in [-0.2, 0) is 6.42 Å². The monoisotopic (exact) mass is 323 g/mol. The molecule has 0 saturated heterocycles. The number of carbonyl (C=O) groups is 1. The van der Waals surface area contributed by atoms with E-state index in [-0.39, 0.29) is 17.5 Å². The summed E-state index contributed by atoms with van der Waals surface area (Å²) in [7, 11) is 0. The number of halogens is 1. The molecule has 0 spiro atoms. The molecule has 24 heavy (non-hydrogen) atoms. The highest BCUT2D eigenvalue weighted by molar-refractivity contribution is 5.98. The van der Waals surface area contributed by atoms with Gasteiger partial charge in [-0.25, -0.2) is 14.4 Å². The number of benzene rings is 1. The number of Topliss-reactive ketones (excluding diaryl/α,β-unsaturated/α-hetero) is 1. The van der Waals surface area contributed by atoms with Gasteiger partial charge in [-0.05, 0) is 36.4 Å². The zero-order valence-corrected chi connectivity index (χ0v) is 12.7. The van der Waals surface area contributed by atoms with Crippen molar-refractivity contribution in [1.29, 1.82) is 0 Å². The SMILES string of the molecule is O=C1C[C@H](c2ccco2)Cc2nc(Nc3ccc(F)cc3)ncc21. The molecule has 5 nitrogen and oxygen atoms in total. The Balaban J connectivity index is 1.61. The highest BCUT2D eigenvalue weighted by atomic mass is 19.1. The first-order valence-corrected chi connectivity index (χ1v) is 7.64. The largest absolute Gasteiger partial charge is 0.469 e. The zero-order valence-electron chi connectivity index (χ0n) is 12.7. The Hall–Kier alpha value is -3.02. The average Bonchev–Trinajstić information content (AvgIpc) is 3.11. The topological polar surface area (TPSA) is 68.0 Å². The predicted octanol–water partition coefficient (Wildman–Crippen LogP) is 3.87. The van der Waals surface area contributed by atoms with Gasteiger partial charge in [0.25, 0.3) is 0 Å². The van der Waals surface area contributed by atoms with E-state index in [2.05, 4.69) is 15.3 Å². The van der Waals surface area contributed by atoms with Crippen molar-refractivity contribution in [2.75, 3.05) is 5.32 Å². The Morgan fingerprint density at radius 1 is 1.17 bits per heavy atom. The maximum atomic E-state index is 13.0. The Morgan fingerprint density at radius 2 is 2.00 bits per heavy atom. The molecule has 1 aromatic carbocycles. The van der Waals surface area contributed by atoms with Crippen LogP contribution in [0.2, 0.25) is 0 Å². The van der Waals surface area contributed by atoms with Crippen molar-refractivity contribution in [2.24, 2.45) is 0 Å². The van der Waals surface area contributed by atoms with Crippen molar-refractivity contribution in [3.63, 3.8) is 0 Å². The molecule has 1 N–H and O–H groups in total. The number of hydrogen-bond acceptors (Lipinski definition) is 5. The minimum Gasteiger partial charge on any atom is -0.469 e. The maximum absolute atomic E-state index is 13.0. The van der Waals surface area contributed by atoms with Gasteiger partial charge in [-0.1, -0.05) is 0 Å². The van der Waals surface area contributed by atoms with Crippen LogP contribution in [0.4, 0.5) is 16.0 Å². The lowest BCUT2D eigenvalue weighted by atomic mass is 9.85. The third-order valence-corrected chi connectivity index (χ3v) is 4.09. The predicted molar refractivity (Wildman–Crippen MR) is 85.8 cm³/mol. The standard InChI is InChI=1S/C18H14FN3O2/c19-12-3-5-13(6-4-12)21-18-20-10-14-15(22-18)8-11(9-16(14)23)17-2-1-7-24-17/h1-7,10-11H,8-9H2,(H,20,21,22)/t11-/m1/s1. The molecule has 0 unspecified atom stereocenters. The summed E-state index contributed by atoms with van der Waals surface area (Å²) in [6.07, 6.45) is 4.18. The first kappa shape index (κ1) is 14.6. The fourth-order valence-electron chi connectivity index (χ4n) is 2.89. The van der Waals surface area contributed by atoms with Crippen LogP contribution in [0.3, 0.4) is 0 Å². The summed E-state index contributed by atoms with van der Waals surface area (Å²) in [6.45, 7) is 0. The molecule has 0 amide bonds. The summed E-state index contributed by atoms with van der Waals surface area (Å²) in [5, 5.41) is 3.02. The Bertz CT molecular complexity index is 876. The van der Waals surface area contributed by atoms with E-state index < -0.39 is 0 Å². The van der Waals surface area contributed by atoms with E-state index in [1.165, 1.54) is 12.1 Å². The molecule has 0 aliphatic heterocycles. The summed E-state index contributed by atoms with van der Waals surface area (Å²) in [5.41, 5.74) is 1.94. The molecule has 1 aliphatic rings. The van der Waals surface area contributed by atoms with Gasteiger partial charge in [0, 0.05) is 30.6 Å². The number of anilines is 2. The van der Waals surface area contributed by atoms with E-state index in [1.807, 2.05) is 12.1 Å². The van der Waals surface area contributed by atoms with Gasteiger partial charge in [-0.15, -0.1) is 0 Å². The van der Waals surface area contributed by atoms with E-state index in [1.54, 1.807) is 24.6 Å². The van der Waals surface area contributed by atoms with E-state index in [0.29, 0.717) is 35.7 Å². The molecule has 0 bridgehead atoms. The zero-order chi connectivity index (χ0) is 16.5. The maximum Gasteiger partial charge on any atom is 0.227 e. The second-order valence-corrected chi connectivity index (χ2v) is 5.73. The first-order valence-electron chi connectivity index (χ1n) is 7.64. The molecule has 4 rings (SSSR count). The molecule has 0 fully saturated rings. The van der Waals surface area contributed by atoms with Crippen molar-refractivity contribution >= 4 is 17.4 Å². The summed E-state index contributed by atoms with van der Waals surface area (Å²) < 4.78 is 18.4. The minimum atomic E-state index is -0.307. The van der Waals surface area contributed by atoms with Gasteiger partial charge < -0.3 is 9.73 Å². The molecule has 1 aliphatic carbocycles. The van der Waals surface area contributed by atoms with Crippen LogP contribution in [0, 0.1) is 5.82 Å². The minimum absolute atomic E-state index is 0.00595. The number of aromatic nitrogens is 2. The van der Waals surface area contributed by atoms with Gasteiger partial charge in [0.1, 0.15) is 11.6 Å². The normalized spacial score (nSPS) is 16.7. The van der Waals surface area contributed by atoms with E-state index in [0.717, 1.165) is 5.76 Å². The van der Waals surface area contributed by atoms with Crippen LogP contribution in [0.25, 0.3) is 0 Å². The molecule has 6 heteroatoms. The van der Waals surface area contributed by atoms with E-state index >= 15 is 0 Å². The van der Waals surface area contributed by atoms with Crippen LogP contribution in [0.5, 0.6) is 0 Å². The van der Waals surface area contributed by atoms with E-state index in [9.17, 15) is 9.18 Å². The van der Waals surface area contributed by atoms with Gasteiger partial charge in [-0.3, -0.25) is 4.79 Å². The first-order chi connectivity index (χ1) is 11.7. The lowest BCUT2D eigenvalue weighted by Gasteiger charge is -2.21. The molecule has 120 valence electrons. The molecule has 2 heterocycles. The average molecular weight is 323 g/mol. The van der Waals surface area contributed by atoms with Gasteiger partial charge in [0.05, 0.1) is 17.5 Å². The van der Waals surface area contributed by atoms with Crippen LogP contribution < -0.4 is 5.32 Å². The number of furan rings is 1. The lowest BCUT2D eigenvalue weighted by Crippen LogP contribution is -2.20. The second kappa shape index (κ2) is 5.88. The Kier molecular flexibility index (Phi) is 3.57. The van der Waals surface area contributed by atoms with E-state index in [4.69, 9.17) is 4.42 Å². The summed E-state index contributed by atoms with van der Waals surface area (Å²) in [5.74, 6) is 0.882. The number of nitrogens with zero attached hydrogens (tertiary/aromatic N) is 2. The van der Waals surface area contributed by atoms with Crippen molar-refractivity contribution in [1.82, 2.24) is 9.97 Å². The van der Waals surface area contributed by atoms with Gasteiger partial charge in [0.15, 0.2) is 5.78 Å². The van der Waals surface area contributed by atoms with Crippen molar-refractivity contribution in [3.05, 3.63) is 71.7 Å². The van der Waals surface area contributed by atoms with Gasteiger partial charge in [0.2, 0.25) is 5.95 Å². The van der Waals surface area contributed by atoms with Crippen molar-refractivity contribution in [2.45, 2.75) is 18.8 Å². The fourth-order valence-corrected chi connectivity index (χ4v) is 2.89. The second-order valence-electron chi connectivity index (χ2n) is 5.73. The molecule has 2 aromatic heterocycles. The van der Waals surface area contributed by atoms with Gasteiger partial charge >= 0.3 is 0 Å². The fraction of sp³-hybridized carbons (Fsp3) is 0.167. The molecule has 0 saturated carbocycles. The number of carbonyl (C=O) groups excluding carboxylic acids is 1. The third-order valence-electron chi connectivity index (χ3n) is 4.09. The summed E-state index contributed by atoms with van der Waals surface area (Å²) in [6, 6.07) is 9.62. The summed E-state index contributed by atoms with van der Waals surface area (Å²) >= 11 is 0. The van der Waals surface area contributed by atoms with Crippen molar-refractivity contribution in [3.8, 4) is 0 Å². The Morgan fingerprint density at radius 3 is 2.75 bits per heavy atom. The molecular weight excluding hydrogens is 309 g/mol.